The van der Waals surface area contributed by atoms with Gasteiger partial charge in [-0.1, -0.05) is 0 Å². The number of Topliss-reactive ketones (excluding diaryl/α,β-unsaturated/α-hetero) is 1. The summed E-state index contributed by atoms with van der Waals surface area (Å²) < 4.78 is 7.28. The summed E-state index contributed by atoms with van der Waals surface area (Å²) in [5, 5.41) is 60.5. The minimum absolute atomic E-state index is 0. The summed E-state index contributed by atoms with van der Waals surface area (Å²) in [4.78, 5) is 32.9. The van der Waals surface area contributed by atoms with Crippen LogP contribution in [-0.4, -0.2) is 79.8 Å². The molecule has 0 aliphatic carbocycles. The van der Waals surface area contributed by atoms with Crippen LogP contribution < -0.4 is 40.0 Å². The van der Waals surface area contributed by atoms with Gasteiger partial charge in [0.15, 0.2) is 5.78 Å². The molecule has 6 N–H and O–H groups in total. The van der Waals surface area contributed by atoms with E-state index < -0.39 is 67.5 Å². The number of rotatable bonds is 9. The van der Waals surface area contributed by atoms with Crippen molar-refractivity contribution < 1.29 is 76.0 Å². The molecule has 11 heteroatoms. The monoisotopic (exact) mass is 346 g/mol. The van der Waals surface area contributed by atoms with Crippen LogP contribution in [0.25, 0.3) is 0 Å². The Hall–Kier alpha value is -0.590. The van der Waals surface area contributed by atoms with Crippen molar-refractivity contribution in [3.05, 3.63) is 0 Å². The van der Waals surface area contributed by atoms with Gasteiger partial charge in [0, 0.05) is 14.7 Å². The molecular formula is C12H20NNaO9. The molecular weight excluding hydrogens is 325 g/mol. The Bertz CT molecular complexity index is 452. The average Bonchev–Trinajstić information content (AvgIpc) is 2.49. The Labute approximate surface area is 155 Å². The Morgan fingerprint density at radius 3 is 2.13 bits per heavy atom. The molecule has 0 radical (unpaired) electrons. The van der Waals surface area contributed by atoms with Crippen molar-refractivity contribution in [1.29, 1.82) is 0 Å². The maximum atomic E-state index is 11.2. The summed E-state index contributed by atoms with van der Waals surface area (Å²) in [6.07, 6.45) is -7.17. The summed E-state index contributed by atoms with van der Waals surface area (Å²) in [5.41, 5.74) is -2.56. The van der Waals surface area contributed by atoms with E-state index in [0.717, 1.165) is 6.92 Å². The summed E-state index contributed by atoms with van der Waals surface area (Å²) >= 11 is 0. The van der Waals surface area contributed by atoms with Crippen molar-refractivity contribution in [2.45, 2.75) is 50.2 Å². The first-order valence-electron chi connectivity index (χ1n) is 6.88. The van der Waals surface area contributed by atoms with E-state index >= 15 is 0 Å². The molecule has 0 aromatic carbocycles. The maximum Gasteiger partial charge on any atom is 1.00 e. The Morgan fingerprint density at radius 1 is 1.26 bits per heavy atom. The Kier molecular flexibility index (Phi) is 10.0. The predicted molar refractivity (Wildman–Crippen MR) is 68.0 cm³/mol. The van der Waals surface area contributed by atoms with Gasteiger partial charge in [0.05, 0.1) is 18.2 Å². The van der Waals surface area contributed by atoms with Crippen molar-refractivity contribution in [2.75, 3.05) is 6.61 Å². The van der Waals surface area contributed by atoms with Crippen LogP contribution in [0.15, 0.2) is 0 Å². The standard InChI is InChI=1S/C12H21NO9.Na/c1-5(15)13-10(9(19)8(18)7(17)4-14)12(2,22)3-6(16)11(20)21;/h7-10,14,17-19,22H,3-4H2,1-2H3,(H,13,15)(H,20,21);/q;+1/p-1/t7-,8-,9+,10+,12+;/m1./s1/i2D;. The number of hydrogen-bond donors (Lipinski definition) is 6. The van der Waals surface area contributed by atoms with Crippen molar-refractivity contribution in [2.24, 2.45) is 0 Å². The number of aliphatic hydroxyl groups is 5. The first-order valence-corrected chi connectivity index (χ1v) is 6.18. The summed E-state index contributed by atoms with van der Waals surface area (Å²) in [5.74, 6) is -4.55. The molecule has 10 nitrogen and oxygen atoms in total. The second-order valence-corrected chi connectivity index (χ2v) is 4.90. The molecule has 0 unspecified atom stereocenters. The van der Waals surface area contributed by atoms with Crippen LogP contribution in [0.5, 0.6) is 0 Å². The van der Waals surface area contributed by atoms with Gasteiger partial charge in [0.25, 0.3) is 0 Å². The van der Waals surface area contributed by atoms with Crippen LogP contribution in [0.3, 0.4) is 0 Å². The van der Waals surface area contributed by atoms with E-state index in [9.17, 15) is 39.9 Å². The number of hydrogen-bond acceptors (Lipinski definition) is 9. The van der Waals surface area contributed by atoms with Gasteiger partial charge in [-0.05, 0) is 6.90 Å². The average molecular weight is 346 g/mol. The van der Waals surface area contributed by atoms with Gasteiger partial charge in [-0.3, -0.25) is 9.59 Å². The normalized spacial score (nSPS) is 19.1. The SMILES string of the molecule is [2H]C[C@](O)(CC(=O)C(=O)[O-])[C@@H](NC(C)=O)[C@@H](O)[C@H](O)[C@H](O)CO.[Na+]. The quantitative estimate of drug-likeness (QED) is 0.174. The third kappa shape index (κ3) is 7.68. The Morgan fingerprint density at radius 2 is 1.78 bits per heavy atom. The zero-order valence-corrected chi connectivity index (χ0v) is 14.8. The van der Waals surface area contributed by atoms with Crippen molar-refractivity contribution in [3.8, 4) is 0 Å². The smallest absolute Gasteiger partial charge is 0.542 e. The van der Waals surface area contributed by atoms with Crippen LogP contribution in [0.1, 0.15) is 21.6 Å². The number of aliphatic hydroxyl groups excluding tert-OH is 4. The fourth-order valence-corrected chi connectivity index (χ4v) is 1.75. The van der Waals surface area contributed by atoms with E-state index in [-0.39, 0.29) is 29.6 Å². The van der Waals surface area contributed by atoms with Gasteiger partial charge in [-0.15, -0.1) is 0 Å². The largest absolute Gasteiger partial charge is 1.00 e. The van der Waals surface area contributed by atoms with Gasteiger partial charge in [-0.2, -0.15) is 0 Å². The molecule has 1 amide bonds. The first kappa shape index (κ1) is 22.4. The topological polar surface area (TPSA) is 187 Å². The first-order chi connectivity index (χ1) is 10.5. The summed E-state index contributed by atoms with van der Waals surface area (Å²) in [6.45, 7) is -1.00. The molecule has 0 aliphatic rings. The molecule has 0 saturated heterocycles. The number of aliphatic carboxylic acids is 1. The minimum Gasteiger partial charge on any atom is -0.542 e. The third-order valence-corrected chi connectivity index (χ3v) is 2.90. The molecule has 0 fully saturated rings. The predicted octanol–water partition coefficient (Wildman–Crippen LogP) is -7.97. The molecule has 0 bridgehead atoms. The van der Waals surface area contributed by atoms with Gasteiger partial charge < -0.3 is 40.8 Å². The molecule has 23 heavy (non-hydrogen) atoms. The number of ketones is 1. The van der Waals surface area contributed by atoms with Crippen LogP contribution in [-0.2, 0) is 14.4 Å². The fraction of sp³-hybridized carbons (Fsp3) is 0.750. The van der Waals surface area contributed by atoms with Crippen LogP contribution in [0, 0.1) is 0 Å². The zero-order chi connectivity index (χ0) is 18.4. The van der Waals surface area contributed by atoms with Crippen LogP contribution in [0.4, 0.5) is 0 Å². The van der Waals surface area contributed by atoms with Gasteiger partial charge in [-0.25, -0.2) is 0 Å². The number of nitrogens with one attached hydrogen (secondary N) is 1. The molecule has 0 heterocycles. The van der Waals surface area contributed by atoms with Crippen LogP contribution in [0.2, 0.25) is 0 Å². The maximum absolute atomic E-state index is 11.2. The van der Waals surface area contributed by atoms with Gasteiger partial charge in [0.1, 0.15) is 24.3 Å². The van der Waals surface area contributed by atoms with E-state index in [1.807, 2.05) is 5.32 Å². The second kappa shape index (κ2) is 10.3. The van der Waals surface area contributed by atoms with E-state index in [1.165, 1.54) is 0 Å². The second-order valence-electron chi connectivity index (χ2n) is 4.90. The van der Waals surface area contributed by atoms with Gasteiger partial charge in [0.2, 0.25) is 5.91 Å². The Balaban J connectivity index is 0. The molecule has 0 aliphatic heterocycles. The molecule has 0 aromatic heterocycles. The van der Waals surface area contributed by atoms with Crippen molar-refractivity contribution in [3.63, 3.8) is 0 Å². The van der Waals surface area contributed by atoms with Gasteiger partial charge >= 0.3 is 29.6 Å². The van der Waals surface area contributed by atoms with Crippen molar-refractivity contribution in [1.82, 2.24) is 5.32 Å². The number of carboxylic acids is 1. The number of carbonyl (C=O) groups is 3. The zero-order valence-electron chi connectivity index (χ0n) is 13.8. The number of amides is 1. The fourth-order valence-electron chi connectivity index (χ4n) is 1.75. The minimum atomic E-state index is -2.56. The molecule has 0 spiro atoms. The third-order valence-electron chi connectivity index (χ3n) is 2.90. The molecule has 128 valence electrons. The van der Waals surface area contributed by atoms with E-state index in [2.05, 4.69) is 0 Å². The number of carbonyl (C=O) groups excluding carboxylic acids is 3. The van der Waals surface area contributed by atoms with Crippen LogP contribution >= 0.6 is 0 Å². The van der Waals surface area contributed by atoms with E-state index in [1.54, 1.807) is 0 Å². The summed E-state index contributed by atoms with van der Waals surface area (Å²) in [6, 6.07) is -1.86. The summed E-state index contributed by atoms with van der Waals surface area (Å²) in [7, 11) is 0. The molecule has 0 rings (SSSR count). The molecule has 5 atom stereocenters. The molecule has 0 saturated carbocycles. The van der Waals surface area contributed by atoms with E-state index in [4.69, 9.17) is 6.48 Å². The van der Waals surface area contributed by atoms with Crippen molar-refractivity contribution >= 4 is 17.7 Å². The molecule has 0 aromatic rings. The number of carboxylic acid groups (broad SMARTS) is 1. The van der Waals surface area contributed by atoms with E-state index in [0.29, 0.717) is 0 Å².